The molecule has 49 heavy (non-hydrogen) atoms. The van der Waals surface area contributed by atoms with Gasteiger partial charge in [0.05, 0.1) is 11.7 Å². The number of benzene rings is 1. The third-order valence-electron chi connectivity index (χ3n) is 8.39. The summed E-state index contributed by atoms with van der Waals surface area (Å²) < 4.78 is 10.7. The van der Waals surface area contributed by atoms with Gasteiger partial charge in [0.15, 0.2) is 5.82 Å². The van der Waals surface area contributed by atoms with Crippen LogP contribution >= 0.6 is 0 Å². The summed E-state index contributed by atoms with van der Waals surface area (Å²) in [5.41, 5.74) is 5.38. The van der Waals surface area contributed by atoms with Gasteiger partial charge in [-0.2, -0.15) is 4.98 Å². The van der Waals surface area contributed by atoms with Gasteiger partial charge in [-0.3, -0.25) is 4.79 Å². The Hall–Kier alpha value is -5.33. The van der Waals surface area contributed by atoms with Crippen molar-refractivity contribution in [3.63, 3.8) is 0 Å². The number of carbonyl (C=O) groups is 2. The number of amides is 2. The smallest absolute Gasteiger partial charge is 0.410 e. The second kappa shape index (κ2) is 12.9. The number of anilines is 1. The number of nitrogens with one attached hydrogen (secondary N) is 2. The number of hydrogen-bond donors (Lipinski definition) is 2. The Morgan fingerprint density at radius 1 is 0.959 bits per heavy atom. The minimum atomic E-state index is -0.515. The highest BCUT2D eigenvalue weighted by atomic mass is 16.6. The molecule has 13 nitrogen and oxygen atoms in total. The molecule has 5 heterocycles. The maximum atomic E-state index is 12.9. The number of carbonyl (C=O) groups excluding carboxylic acids is 2. The second-order valence-electron chi connectivity index (χ2n) is 14.5. The minimum absolute atomic E-state index is 0.0549. The highest BCUT2D eigenvalue weighted by molar-refractivity contribution is 5.94. The number of nitrogens with zero attached hydrogens (tertiary/aromatic N) is 7. The monoisotopic (exact) mass is 665 g/mol. The lowest BCUT2D eigenvalue weighted by molar-refractivity contribution is 0.0240. The van der Waals surface area contributed by atoms with Gasteiger partial charge in [-0.25, -0.2) is 19.7 Å². The molecule has 1 aliphatic heterocycles. The predicted molar refractivity (Wildman–Crippen MR) is 186 cm³/mol. The van der Waals surface area contributed by atoms with E-state index in [4.69, 9.17) is 14.2 Å². The summed E-state index contributed by atoms with van der Waals surface area (Å²) in [6.45, 7) is 18.0. The summed E-state index contributed by atoms with van der Waals surface area (Å²) >= 11 is 0. The van der Waals surface area contributed by atoms with Crippen molar-refractivity contribution in [2.45, 2.75) is 72.4 Å². The zero-order valence-corrected chi connectivity index (χ0v) is 29.3. The van der Waals surface area contributed by atoms with E-state index in [0.29, 0.717) is 32.0 Å². The standard InChI is InChI=1S/C36H43N9O4/c1-21-17-23(9-11-25(21)22(2)40-31(46)32-42-33(43-49-32)35(3,4)5)29-26-18-27(41-30(26)39-20-38-29)24-10-12-28(37-19-24)44-13-15-45(16-14-44)34(47)48-36(6,7)8/h9-12,17-20,22H,13-16H2,1-8H3,(H,40,46)(H,38,39,41)/t22-/m1/s1. The first-order chi connectivity index (χ1) is 23.2. The molecular weight excluding hydrogens is 622 g/mol. The first kappa shape index (κ1) is 33.6. The number of hydrogen-bond acceptors (Lipinski definition) is 10. The molecule has 0 spiro atoms. The van der Waals surface area contributed by atoms with Gasteiger partial charge in [-0.1, -0.05) is 38.1 Å². The molecule has 0 unspecified atom stereocenters. The molecule has 256 valence electrons. The molecule has 4 aromatic heterocycles. The van der Waals surface area contributed by atoms with Crippen LogP contribution in [0.3, 0.4) is 0 Å². The van der Waals surface area contributed by atoms with Gasteiger partial charge in [0.25, 0.3) is 0 Å². The summed E-state index contributed by atoms with van der Waals surface area (Å²) in [6.07, 6.45) is 3.12. The van der Waals surface area contributed by atoms with E-state index in [-0.39, 0.29) is 23.4 Å². The number of fused-ring (bicyclic) bond motifs is 1. The third kappa shape index (κ3) is 7.40. The molecule has 0 saturated carbocycles. The molecule has 1 atom stereocenters. The molecule has 1 saturated heterocycles. The van der Waals surface area contributed by atoms with E-state index in [9.17, 15) is 9.59 Å². The van der Waals surface area contributed by atoms with Crippen molar-refractivity contribution >= 4 is 28.9 Å². The maximum Gasteiger partial charge on any atom is 0.410 e. The number of aromatic nitrogens is 6. The quantitative estimate of drug-likeness (QED) is 0.213. The maximum absolute atomic E-state index is 12.9. The van der Waals surface area contributed by atoms with E-state index in [1.165, 1.54) is 0 Å². The minimum Gasteiger partial charge on any atom is -0.444 e. The van der Waals surface area contributed by atoms with Gasteiger partial charge in [0, 0.05) is 60.0 Å². The molecule has 13 heteroatoms. The van der Waals surface area contributed by atoms with Crippen molar-refractivity contribution in [3.05, 3.63) is 71.8 Å². The van der Waals surface area contributed by atoms with E-state index < -0.39 is 11.5 Å². The summed E-state index contributed by atoms with van der Waals surface area (Å²) in [5.74, 6) is 0.868. The van der Waals surface area contributed by atoms with Crippen LogP contribution in [0, 0.1) is 6.92 Å². The first-order valence-corrected chi connectivity index (χ1v) is 16.5. The van der Waals surface area contributed by atoms with Crippen molar-refractivity contribution < 1.29 is 18.8 Å². The molecule has 6 rings (SSSR count). The van der Waals surface area contributed by atoms with Crippen LogP contribution in [0.15, 0.2) is 53.4 Å². The van der Waals surface area contributed by atoms with Gasteiger partial charge < -0.3 is 29.4 Å². The van der Waals surface area contributed by atoms with Crippen molar-refractivity contribution in [2.75, 3.05) is 31.1 Å². The topological polar surface area (TPSA) is 155 Å². The van der Waals surface area contributed by atoms with Crippen molar-refractivity contribution in [1.82, 2.24) is 40.3 Å². The Labute approximate surface area is 285 Å². The van der Waals surface area contributed by atoms with Crippen molar-refractivity contribution in [2.24, 2.45) is 0 Å². The Morgan fingerprint density at radius 3 is 2.33 bits per heavy atom. The average molecular weight is 666 g/mol. The number of pyridine rings is 1. The third-order valence-corrected chi connectivity index (χ3v) is 8.39. The lowest BCUT2D eigenvalue weighted by atomic mass is 9.96. The largest absolute Gasteiger partial charge is 0.444 e. The molecule has 2 N–H and O–H groups in total. The van der Waals surface area contributed by atoms with E-state index in [2.05, 4.69) is 41.4 Å². The fraction of sp³-hybridized carbons (Fsp3) is 0.417. The van der Waals surface area contributed by atoms with Crippen LogP contribution in [-0.4, -0.2) is 78.8 Å². The van der Waals surface area contributed by atoms with E-state index >= 15 is 0 Å². The number of aromatic amines is 1. The number of aryl methyl sites for hydroxylation is 1. The summed E-state index contributed by atoms with van der Waals surface area (Å²) in [5, 5.41) is 7.81. The molecule has 1 aromatic carbocycles. The van der Waals surface area contributed by atoms with Gasteiger partial charge >= 0.3 is 17.9 Å². The van der Waals surface area contributed by atoms with Crippen LogP contribution in [0.1, 0.15) is 82.1 Å². The number of H-pyrrole nitrogens is 1. The zero-order chi connectivity index (χ0) is 35.1. The summed E-state index contributed by atoms with van der Waals surface area (Å²) in [7, 11) is 0. The lowest BCUT2D eigenvalue weighted by Gasteiger charge is -2.36. The van der Waals surface area contributed by atoms with Crippen molar-refractivity contribution in [1.29, 1.82) is 0 Å². The lowest BCUT2D eigenvalue weighted by Crippen LogP contribution is -2.50. The number of piperazine rings is 1. The number of rotatable bonds is 6. The second-order valence-corrected chi connectivity index (χ2v) is 14.5. The Balaban J connectivity index is 1.14. The zero-order valence-electron chi connectivity index (χ0n) is 29.3. The van der Waals surface area contributed by atoms with Gasteiger partial charge in [0.1, 0.15) is 23.4 Å². The molecule has 0 radical (unpaired) electrons. The Bertz CT molecular complexity index is 1980. The fourth-order valence-electron chi connectivity index (χ4n) is 5.77. The molecular formula is C36H43N9O4. The van der Waals surface area contributed by atoms with Gasteiger partial charge in [-0.15, -0.1) is 0 Å². The van der Waals surface area contributed by atoms with Crippen LogP contribution in [0.5, 0.6) is 0 Å². The van der Waals surface area contributed by atoms with Crippen LogP contribution in [0.25, 0.3) is 33.5 Å². The van der Waals surface area contributed by atoms with Gasteiger partial charge in [-0.05, 0) is 70.0 Å². The molecule has 2 amide bonds. The molecule has 5 aromatic rings. The highest BCUT2D eigenvalue weighted by Crippen LogP contribution is 2.32. The predicted octanol–water partition coefficient (Wildman–Crippen LogP) is 6.22. The fourth-order valence-corrected chi connectivity index (χ4v) is 5.77. The summed E-state index contributed by atoms with van der Waals surface area (Å²) in [4.78, 5) is 50.8. The van der Waals surface area contributed by atoms with E-state index in [1.807, 2.05) is 91.9 Å². The SMILES string of the molecule is Cc1cc(-c2ncnc3[nH]c(-c4ccc(N5CCN(C(=O)OC(C)(C)C)CC5)nc4)cc23)ccc1[C@@H](C)NC(=O)c1nc(C(C)(C)C)no1. The van der Waals surface area contributed by atoms with Crippen LogP contribution in [0.2, 0.25) is 0 Å². The van der Waals surface area contributed by atoms with E-state index in [1.54, 1.807) is 11.2 Å². The highest BCUT2D eigenvalue weighted by Gasteiger charge is 2.27. The normalized spacial score (nSPS) is 14.6. The molecule has 0 bridgehead atoms. The first-order valence-electron chi connectivity index (χ1n) is 16.5. The number of ether oxygens (including phenoxy) is 1. The van der Waals surface area contributed by atoms with E-state index in [0.717, 1.165) is 50.5 Å². The van der Waals surface area contributed by atoms with Gasteiger partial charge in [0.2, 0.25) is 0 Å². The molecule has 0 aliphatic carbocycles. The molecule has 1 aliphatic rings. The van der Waals surface area contributed by atoms with Crippen LogP contribution < -0.4 is 10.2 Å². The Morgan fingerprint density at radius 2 is 1.69 bits per heavy atom. The van der Waals surface area contributed by atoms with Crippen LogP contribution in [0.4, 0.5) is 10.6 Å². The molecule has 1 fully saturated rings. The van der Waals surface area contributed by atoms with Crippen molar-refractivity contribution in [3.8, 4) is 22.5 Å². The average Bonchev–Trinajstić information content (AvgIpc) is 3.73. The Kier molecular flexibility index (Phi) is 8.86. The van der Waals surface area contributed by atoms with Crippen LogP contribution in [-0.2, 0) is 10.2 Å². The summed E-state index contributed by atoms with van der Waals surface area (Å²) in [6, 6.07) is 11.9.